The van der Waals surface area contributed by atoms with Gasteiger partial charge in [0.2, 0.25) is 5.95 Å². The summed E-state index contributed by atoms with van der Waals surface area (Å²) in [6, 6.07) is 9.15. The maximum Gasteiger partial charge on any atom is 0.405 e. The smallest absolute Gasteiger partial charge is 0.369 e. The fourth-order valence-corrected chi connectivity index (χ4v) is 3.64. The van der Waals surface area contributed by atoms with Gasteiger partial charge in [-0.25, -0.2) is 19.9 Å². The maximum absolute atomic E-state index is 12.3. The van der Waals surface area contributed by atoms with E-state index in [1.165, 1.54) is 18.7 Å². The average Bonchev–Trinajstić information content (AvgIpc) is 2.89. The molecule has 9 nitrogen and oxygen atoms in total. The van der Waals surface area contributed by atoms with Crippen LogP contribution in [0.4, 0.5) is 24.9 Å². The molecule has 12 heteroatoms. The number of halogens is 3. The minimum absolute atomic E-state index is 0.0295. The average molecular weight is 496 g/mol. The van der Waals surface area contributed by atoms with Crippen molar-refractivity contribution in [3.8, 4) is 11.3 Å². The molecule has 4 rings (SSSR count). The molecule has 1 atom stereocenters. The normalized spacial score (nSPS) is 12.2. The lowest BCUT2D eigenvalue weighted by atomic mass is 9.96. The topological polar surface area (TPSA) is 118 Å². The molecule has 0 fully saturated rings. The number of rotatable bonds is 8. The standard InChI is InChI=1S/C24H23F3N8O/c1-14(16-4-3-5-17-18(22(36)28-2)6-7-29-21(16)17)9-30-20-8-19(34-13-35-20)15-10-31-23(32-11-15)33-12-24(25,26)27/h3-8,10-11,13-14H,9,12H2,1-2H3,(H,28,36)(H,30,34,35)(H,31,32,33). The number of para-hydroxylation sites is 1. The molecule has 1 unspecified atom stereocenters. The lowest BCUT2D eigenvalue weighted by Gasteiger charge is -2.16. The molecule has 1 amide bonds. The zero-order chi connectivity index (χ0) is 25.7. The van der Waals surface area contributed by atoms with E-state index in [1.54, 1.807) is 25.4 Å². The summed E-state index contributed by atoms with van der Waals surface area (Å²) in [4.78, 5) is 33.0. The van der Waals surface area contributed by atoms with Gasteiger partial charge < -0.3 is 16.0 Å². The minimum atomic E-state index is -4.36. The molecule has 0 aliphatic carbocycles. The molecule has 3 aromatic heterocycles. The first kappa shape index (κ1) is 24.8. The highest BCUT2D eigenvalue weighted by molar-refractivity contribution is 6.06. The number of hydrogen-bond acceptors (Lipinski definition) is 8. The van der Waals surface area contributed by atoms with E-state index in [1.807, 2.05) is 25.1 Å². The van der Waals surface area contributed by atoms with Crippen molar-refractivity contribution in [3.05, 3.63) is 66.4 Å². The van der Waals surface area contributed by atoms with Crippen molar-refractivity contribution in [1.29, 1.82) is 0 Å². The molecule has 0 saturated carbocycles. The van der Waals surface area contributed by atoms with Crippen LogP contribution in [0.3, 0.4) is 0 Å². The second kappa shape index (κ2) is 10.5. The summed E-state index contributed by atoms with van der Waals surface area (Å²) in [5, 5.41) is 8.84. The van der Waals surface area contributed by atoms with Crippen LogP contribution in [0.5, 0.6) is 0 Å². The van der Waals surface area contributed by atoms with Gasteiger partial charge in [0.15, 0.2) is 0 Å². The molecular weight excluding hydrogens is 473 g/mol. The van der Waals surface area contributed by atoms with Crippen LogP contribution in [0.1, 0.15) is 28.8 Å². The van der Waals surface area contributed by atoms with Crippen LogP contribution < -0.4 is 16.0 Å². The van der Waals surface area contributed by atoms with E-state index in [-0.39, 0.29) is 17.8 Å². The van der Waals surface area contributed by atoms with Crippen molar-refractivity contribution in [2.75, 3.05) is 30.8 Å². The van der Waals surface area contributed by atoms with Gasteiger partial charge in [-0.15, -0.1) is 0 Å². The molecule has 0 saturated heterocycles. The first-order valence-electron chi connectivity index (χ1n) is 11.0. The summed E-state index contributed by atoms with van der Waals surface area (Å²) < 4.78 is 37.0. The lowest BCUT2D eigenvalue weighted by Crippen LogP contribution is -2.22. The number of anilines is 2. The van der Waals surface area contributed by atoms with Gasteiger partial charge in [0.25, 0.3) is 5.91 Å². The molecule has 0 bridgehead atoms. The second-order valence-corrected chi connectivity index (χ2v) is 8.02. The van der Waals surface area contributed by atoms with Crippen LogP contribution >= 0.6 is 0 Å². The Morgan fingerprint density at radius 1 is 1.03 bits per heavy atom. The predicted octanol–water partition coefficient (Wildman–Crippen LogP) is 4.03. The molecule has 0 aliphatic heterocycles. The molecule has 3 N–H and O–H groups in total. The number of carbonyl (C=O) groups excluding carboxylic acids is 1. The largest absolute Gasteiger partial charge is 0.405 e. The number of benzene rings is 1. The Kier molecular flexibility index (Phi) is 7.23. The van der Waals surface area contributed by atoms with E-state index in [0.717, 1.165) is 16.5 Å². The molecular formula is C24H23F3N8O. The summed E-state index contributed by atoms with van der Waals surface area (Å²) in [5.74, 6) is 0.291. The van der Waals surface area contributed by atoms with E-state index >= 15 is 0 Å². The van der Waals surface area contributed by atoms with Crippen molar-refractivity contribution in [1.82, 2.24) is 30.2 Å². The summed E-state index contributed by atoms with van der Waals surface area (Å²) in [6.07, 6.45) is 1.44. The van der Waals surface area contributed by atoms with Gasteiger partial charge in [-0.3, -0.25) is 9.78 Å². The van der Waals surface area contributed by atoms with Crippen molar-refractivity contribution < 1.29 is 18.0 Å². The first-order valence-corrected chi connectivity index (χ1v) is 11.0. The Bertz CT molecular complexity index is 1360. The predicted molar refractivity (Wildman–Crippen MR) is 130 cm³/mol. The van der Waals surface area contributed by atoms with Crippen LogP contribution in [0.2, 0.25) is 0 Å². The maximum atomic E-state index is 12.3. The van der Waals surface area contributed by atoms with Crippen LogP contribution in [-0.2, 0) is 0 Å². The number of nitrogens with one attached hydrogen (secondary N) is 3. The highest BCUT2D eigenvalue weighted by Gasteiger charge is 2.27. The number of amides is 1. The van der Waals surface area contributed by atoms with Crippen LogP contribution in [0.25, 0.3) is 22.2 Å². The monoisotopic (exact) mass is 496 g/mol. The summed E-state index contributed by atoms with van der Waals surface area (Å²) in [5.41, 5.74) is 3.35. The molecule has 4 aromatic rings. The van der Waals surface area contributed by atoms with Crippen molar-refractivity contribution in [2.45, 2.75) is 19.0 Å². The fourth-order valence-electron chi connectivity index (χ4n) is 3.64. The van der Waals surface area contributed by atoms with Gasteiger partial charge in [-0.1, -0.05) is 25.1 Å². The van der Waals surface area contributed by atoms with E-state index in [4.69, 9.17) is 0 Å². The Morgan fingerprint density at radius 3 is 2.53 bits per heavy atom. The van der Waals surface area contributed by atoms with E-state index < -0.39 is 12.7 Å². The Morgan fingerprint density at radius 2 is 1.81 bits per heavy atom. The Balaban J connectivity index is 1.46. The number of pyridine rings is 1. The number of aromatic nitrogens is 5. The van der Waals surface area contributed by atoms with Gasteiger partial charge in [-0.05, 0) is 11.6 Å². The molecule has 0 radical (unpaired) electrons. The summed E-state index contributed by atoms with van der Waals surface area (Å²) >= 11 is 0. The molecule has 1 aromatic carbocycles. The van der Waals surface area contributed by atoms with Gasteiger partial charge in [0, 0.05) is 55.1 Å². The number of hydrogen-bond donors (Lipinski definition) is 3. The quantitative estimate of drug-likeness (QED) is 0.335. The second-order valence-electron chi connectivity index (χ2n) is 8.02. The molecule has 0 aliphatic rings. The van der Waals surface area contributed by atoms with Gasteiger partial charge >= 0.3 is 6.18 Å². The Labute approximate surface area is 204 Å². The highest BCUT2D eigenvalue weighted by Crippen LogP contribution is 2.27. The van der Waals surface area contributed by atoms with Crippen LogP contribution in [0, 0.1) is 0 Å². The van der Waals surface area contributed by atoms with Crippen molar-refractivity contribution >= 4 is 28.6 Å². The molecule has 186 valence electrons. The highest BCUT2D eigenvalue weighted by atomic mass is 19.4. The summed E-state index contributed by atoms with van der Waals surface area (Å²) in [7, 11) is 1.59. The lowest BCUT2D eigenvalue weighted by molar-refractivity contribution is -0.115. The molecule has 3 heterocycles. The van der Waals surface area contributed by atoms with E-state index in [2.05, 4.69) is 40.9 Å². The van der Waals surface area contributed by atoms with Crippen molar-refractivity contribution in [3.63, 3.8) is 0 Å². The SMILES string of the molecule is CNC(=O)c1ccnc2c(C(C)CNc3cc(-c4cnc(NCC(F)(F)F)nc4)ncn3)cccc12. The fraction of sp³-hybridized carbons (Fsp3) is 0.250. The number of fused-ring (bicyclic) bond motifs is 1. The van der Waals surface area contributed by atoms with Crippen molar-refractivity contribution in [2.24, 2.45) is 0 Å². The third-order valence-electron chi connectivity index (χ3n) is 5.46. The molecule has 36 heavy (non-hydrogen) atoms. The minimum Gasteiger partial charge on any atom is -0.369 e. The third-order valence-corrected chi connectivity index (χ3v) is 5.46. The first-order chi connectivity index (χ1) is 17.2. The van der Waals surface area contributed by atoms with E-state index in [0.29, 0.717) is 29.2 Å². The van der Waals surface area contributed by atoms with Gasteiger partial charge in [0.05, 0.1) is 16.8 Å². The Hall–Kier alpha value is -4.35. The number of carbonyl (C=O) groups is 1. The third kappa shape index (κ3) is 5.82. The zero-order valence-corrected chi connectivity index (χ0v) is 19.5. The van der Waals surface area contributed by atoms with Gasteiger partial charge in [-0.2, -0.15) is 13.2 Å². The molecule has 0 spiro atoms. The zero-order valence-electron chi connectivity index (χ0n) is 19.5. The van der Waals surface area contributed by atoms with Gasteiger partial charge in [0.1, 0.15) is 18.7 Å². The number of alkyl halides is 3. The summed E-state index contributed by atoms with van der Waals surface area (Å²) in [6.45, 7) is 1.35. The van der Waals surface area contributed by atoms with E-state index in [9.17, 15) is 18.0 Å². The van der Waals surface area contributed by atoms with Crippen LogP contribution in [0.15, 0.2) is 55.2 Å². The van der Waals surface area contributed by atoms with Crippen LogP contribution in [-0.4, -0.2) is 57.1 Å². The number of nitrogens with zero attached hydrogens (tertiary/aromatic N) is 5.